The third kappa shape index (κ3) is 4.75. The summed E-state index contributed by atoms with van der Waals surface area (Å²) in [4.78, 5) is 25.0. The van der Waals surface area contributed by atoms with E-state index in [1.165, 1.54) is 7.11 Å². The van der Waals surface area contributed by atoms with E-state index in [1.807, 2.05) is 6.92 Å². The summed E-state index contributed by atoms with van der Waals surface area (Å²) in [6, 6.07) is 5.01. The Balaban J connectivity index is 2.22. The Kier molecular flexibility index (Phi) is 7.45. The molecule has 1 aromatic rings. The van der Waals surface area contributed by atoms with Gasteiger partial charge in [0.25, 0.3) is 5.91 Å². The van der Waals surface area contributed by atoms with Crippen molar-refractivity contribution in [1.82, 2.24) is 0 Å². The monoisotopic (exact) mass is 363 g/mol. The highest BCUT2D eigenvalue weighted by Gasteiger charge is 2.38. The topological polar surface area (TPSA) is 73.9 Å². The summed E-state index contributed by atoms with van der Waals surface area (Å²) < 4.78 is 16.1. The molecule has 0 bridgehead atoms. The van der Waals surface area contributed by atoms with Crippen LogP contribution in [-0.4, -0.2) is 38.3 Å². The summed E-state index contributed by atoms with van der Waals surface area (Å²) in [5.41, 5.74) is 0.0188. The largest absolute Gasteiger partial charge is 0.493 e. The molecule has 6 heteroatoms. The van der Waals surface area contributed by atoms with Crippen LogP contribution in [0.3, 0.4) is 0 Å². The van der Waals surface area contributed by atoms with Crippen LogP contribution in [0.5, 0.6) is 5.75 Å². The van der Waals surface area contributed by atoms with E-state index in [4.69, 9.17) is 14.2 Å². The lowest BCUT2D eigenvalue weighted by atomic mass is 9.93. The molecule has 0 atom stereocenters. The first kappa shape index (κ1) is 20.2. The predicted molar refractivity (Wildman–Crippen MR) is 99.6 cm³/mol. The first-order chi connectivity index (χ1) is 12.6. The molecule has 6 nitrogen and oxygen atoms in total. The maximum atomic E-state index is 12.9. The SMILES string of the molecule is CCCOc1ccc(NC(=O)C2(OC)CCCCCC2)cc1C(=O)OC. The molecule has 144 valence electrons. The van der Waals surface area contributed by atoms with Gasteiger partial charge in [0.05, 0.1) is 13.7 Å². The maximum Gasteiger partial charge on any atom is 0.341 e. The van der Waals surface area contributed by atoms with Crippen molar-refractivity contribution in [3.63, 3.8) is 0 Å². The van der Waals surface area contributed by atoms with Crippen molar-refractivity contribution in [3.8, 4) is 5.75 Å². The molecule has 1 fully saturated rings. The first-order valence-electron chi connectivity index (χ1n) is 9.28. The molecule has 0 saturated heterocycles. The lowest BCUT2D eigenvalue weighted by molar-refractivity contribution is -0.139. The Hall–Kier alpha value is -2.08. The predicted octanol–water partition coefficient (Wildman–Crippen LogP) is 3.94. The van der Waals surface area contributed by atoms with Gasteiger partial charge in [0.15, 0.2) is 0 Å². The van der Waals surface area contributed by atoms with Crippen LogP contribution >= 0.6 is 0 Å². The van der Waals surface area contributed by atoms with E-state index in [0.717, 1.165) is 32.1 Å². The molecule has 1 amide bonds. The lowest BCUT2D eigenvalue weighted by Crippen LogP contribution is -2.44. The van der Waals surface area contributed by atoms with Gasteiger partial charge in [-0.3, -0.25) is 4.79 Å². The number of hydrogen-bond acceptors (Lipinski definition) is 5. The highest BCUT2D eigenvalue weighted by Crippen LogP contribution is 2.32. The minimum absolute atomic E-state index is 0.167. The molecule has 1 N–H and O–H groups in total. The number of rotatable bonds is 7. The Morgan fingerprint density at radius 3 is 2.38 bits per heavy atom. The number of ether oxygens (including phenoxy) is 3. The number of carbonyl (C=O) groups excluding carboxylic acids is 2. The van der Waals surface area contributed by atoms with Crippen molar-refractivity contribution in [1.29, 1.82) is 0 Å². The zero-order chi connectivity index (χ0) is 19.0. The highest BCUT2D eigenvalue weighted by atomic mass is 16.5. The number of benzene rings is 1. The van der Waals surface area contributed by atoms with Gasteiger partial charge in [0.1, 0.15) is 16.9 Å². The molecule has 0 spiro atoms. The smallest absolute Gasteiger partial charge is 0.341 e. The van der Waals surface area contributed by atoms with E-state index in [-0.39, 0.29) is 5.91 Å². The van der Waals surface area contributed by atoms with Crippen molar-refractivity contribution < 1.29 is 23.8 Å². The van der Waals surface area contributed by atoms with Crippen LogP contribution in [0, 0.1) is 0 Å². The maximum absolute atomic E-state index is 12.9. The molecule has 0 aliphatic heterocycles. The standard InChI is InChI=1S/C20H29NO5/c1-4-13-26-17-10-9-15(14-16(17)18(22)24-2)21-19(23)20(25-3)11-7-5-6-8-12-20/h9-10,14H,4-8,11-13H2,1-3H3,(H,21,23). The molecule has 1 aliphatic carbocycles. The molecule has 0 heterocycles. The number of methoxy groups -OCH3 is 2. The Morgan fingerprint density at radius 2 is 1.81 bits per heavy atom. The van der Waals surface area contributed by atoms with Gasteiger partial charge in [-0.05, 0) is 37.5 Å². The van der Waals surface area contributed by atoms with Gasteiger partial charge >= 0.3 is 5.97 Å². The van der Waals surface area contributed by atoms with E-state index in [1.54, 1.807) is 25.3 Å². The van der Waals surface area contributed by atoms with Crippen LogP contribution < -0.4 is 10.1 Å². The van der Waals surface area contributed by atoms with Crippen molar-refractivity contribution >= 4 is 17.6 Å². The first-order valence-corrected chi connectivity index (χ1v) is 9.28. The number of amides is 1. The van der Waals surface area contributed by atoms with Gasteiger partial charge in [-0.25, -0.2) is 4.79 Å². The number of nitrogens with one attached hydrogen (secondary N) is 1. The van der Waals surface area contributed by atoms with Crippen molar-refractivity contribution in [2.45, 2.75) is 57.5 Å². The average Bonchev–Trinajstić information content (AvgIpc) is 2.92. The number of hydrogen-bond donors (Lipinski definition) is 1. The summed E-state index contributed by atoms with van der Waals surface area (Å²) in [6.45, 7) is 2.49. The van der Waals surface area contributed by atoms with Gasteiger partial charge in [0, 0.05) is 12.8 Å². The van der Waals surface area contributed by atoms with Crippen molar-refractivity contribution in [2.75, 3.05) is 26.1 Å². The fourth-order valence-electron chi connectivity index (χ4n) is 3.28. The fourth-order valence-corrected chi connectivity index (χ4v) is 3.28. The molecule has 1 saturated carbocycles. The normalized spacial score (nSPS) is 16.4. The van der Waals surface area contributed by atoms with Gasteiger partial charge in [-0.15, -0.1) is 0 Å². The van der Waals surface area contributed by atoms with Crippen LogP contribution in [-0.2, 0) is 14.3 Å². The van der Waals surface area contributed by atoms with E-state index in [2.05, 4.69) is 5.32 Å². The molecule has 26 heavy (non-hydrogen) atoms. The third-order valence-electron chi connectivity index (χ3n) is 4.82. The number of anilines is 1. The van der Waals surface area contributed by atoms with Crippen LogP contribution in [0.4, 0.5) is 5.69 Å². The molecule has 0 aromatic heterocycles. The van der Waals surface area contributed by atoms with Crippen LogP contribution in [0.2, 0.25) is 0 Å². The van der Waals surface area contributed by atoms with E-state index >= 15 is 0 Å². The van der Waals surface area contributed by atoms with E-state index in [0.29, 0.717) is 36.4 Å². The quantitative estimate of drug-likeness (QED) is 0.587. The summed E-state index contributed by atoms with van der Waals surface area (Å²) >= 11 is 0. The van der Waals surface area contributed by atoms with Gasteiger partial charge in [-0.1, -0.05) is 32.6 Å². The molecule has 0 unspecified atom stereocenters. The molecular formula is C20H29NO5. The molecule has 2 rings (SSSR count). The number of carbonyl (C=O) groups is 2. The van der Waals surface area contributed by atoms with E-state index in [9.17, 15) is 9.59 Å². The molecule has 0 radical (unpaired) electrons. The zero-order valence-corrected chi connectivity index (χ0v) is 15.9. The summed E-state index contributed by atoms with van der Waals surface area (Å²) in [7, 11) is 2.91. The van der Waals surface area contributed by atoms with Crippen molar-refractivity contribution in [2.24, 2.45) is 0 Å². The minimum atomic E-state index is -0.806. The number of esters is 1. The van der Waals surface area contributed by atoms with Gasteiger partial charge in [-0.2, -0.15) is 0 Å². The minimum Gasteiger partial charge on any atom is -0.493 e. The van der Waals surface area contributed by atoms with Crippen LogP contribution in [0.25, 0.3) is 0 Å². The van der Waals surface area contributed by atoms with Crippen LogP contribution in [0.15, 0.2) is 18.2 Å². The summed E-state index contributed by atoms with van der Waals surface area (Å²) in [5.74, 6) is -0.212. The molecule has 1 aliphatic rings. The van der Waals surface area contributed by atoms with Crippen LogP contribution in [0.1, 0.15) is 62.2 Å². The fraction of sp³-hybridized carbons (Fsp3) is 0.600. The van der Waals surface area contributed by atoms with Crippen molar-refractivity contribution in [3.05, 3.63) is 23.8 Å². The summed E-state index contributed by atoms with van der Waals surface area (Å²) in [5, 5.41) is 2.91. The lowest BCUT2D eigenvalue weighted by Gasteiger charge is -2.30. The highest BCUT2D eigenvalue weighted by molar-refractivity contribution is 5.99. The Morgan fingerprint density at radius 1 is 1.12 bits per heavy atom. The third-order valence-corrected chi connectivity index (χ3v) is 4.82. The molecule has 1 aromatic carbocycles. The second-order valence-corrected chi connectivity index (χ2v) is 6.62. The summed E-state index contributed by atoms with van der Waals surface area (Å²) in [6.07, 6.45) is 6.42. The molecular weight excluding hydrogens is 334 g/mol. The Labute approximate surface area is 155 Å². The van der Waals surface area contributed by atoms with Gasteiger partial charge in [0.2, 0.25) is 0 Å². The van der Waals surface area contributed by atoms with E-state index < -0.39 is 11.6 Å². The van der Waals surface area contributed by atoms with Gasteiger partial charge < -0.3 is 19.5 Å². The Bertz CT molecular complexity index is 621. The average molecular weight is 363 g/mol. The second-order valence-electron chi connectivity index (χ2n) is 6.62. The second kappa shape index (κ2) is 9.57. The zero-order valence-electron chi connectivity index (χ0n) is 15.9.